The van der Waals surface area contributed by atoms with Gasteiger partial charge in [-0.05, 0) is 18.2 Å². The molecule has 3 rings (SSSR count). The average molecular weight is 362 g/mol. The second-order valence-electron chi connectivity index (χ2n) is 5.61. The van der Waals surface area contributed by atoms with E-state index in [1.54, 1.807) is 33.1 Å². The molecule has 0 N–H and O–H groups in total. The zero-order valence-electron chi connectivity index (χ0n) is 14.6. The highest BCUT2D eigenvalue weighted by molar-refractivity contribution is 7.99. The summed E-state index contributed by atoms with van der Waals surface area (Å²) in [6.45, 7) is 1.05. The van der Waals surface area contributed by atoms with Gasteiger partial charge >= 0.3 is 0 Å². The summed E-state index contributed by atoms with van der Waals surface area (Å²) < 4.78 is 18.2. The van der Waals surface area contributed by atoms with Crippen molar-refractivity contribution >= 4 is 17.7 Å². The predicted octanol–water partition coefficient (Wildman–Crippen LogP) is 2.79. The van der Waals surface area contributed by atoms with E-state index in [0.717, 1.165) is 11.3 Å². The fourth-order valence-electron chi connectivity index (χ4n) is 2.95. The Morgan fingerprint density at radius 1 is 1.08 bits per heavy atom. The summed E-state index contributed by atoms with van der Waals surface area (Å²) in [5.74, 6) is 2.90. The summed E-state index contributed by atoms with van der Waals surface area (Å²) in [5.41, 5.74) is 0.920. The third-order valence-electron chi connectivity index (χ3n) is 4.20. The second-order valence-corrected chi connectivity index (χ2v) is 6.80. The maximum Gasteiger partial charge on any atom is 0.243 e. The highest BCUT2D eigenvalue weighted by Crippen LogP contribution is 2.46. The lowest BCUT2D eigenvalue weighted by atomic mass is 10.1. The van der Waals surface area contributed by atoms with Crippen molar-refractivity contribution in [2.75, 3.05) is 33.6 Å². The molecule has 1 amide bonds. The minimum atomic E-state index is -0.0992. The number of rotatable bonds is 6. The van der Waals surface area contributed by atoms with Crippen LogP contribution in [-0.4, -0.2) is 49.0 Å². The van der Waals surface area contributed by atoms with Crippen LogP contribution in [0.25, 0.3) is 0 Å². The lowest BCUT2D eigenvalue weighted by Gasteiger charge is -2.26. The van der Waals surface area contributed by atoms with Gasteiger partial charge in [0.2, 0.25) is 5.91 Å². The normalized spacial score (nSPS) is 16.8. The number of hydrogen-bond acceptors (Lipinski definition) is 5. The molecule has 1 saturated heterocycles. The van der Waals surface area contributed by atoms with E-state index in [0.29, 0.717) is 30.3 Å². The van der Waals surface area contributed by atoms with Crippen LogP contribution < -0.4 is 14.2 Å². The molecule has 25 heavy (non-hydrogen) atoms. The number of aromatic nitrogens is 1. The van der Waals surface area contributed by atoms with E-state index < -0.39 is 0 Å². The summed E-state index contributed by atoms with van der Waals surface area (Å²) in [7, 11) is 4.81. The van der Waals surface area contributed by atoms with E-state index in [9.17, 15) is 4.79 Å². The lowest BCUT2D eigenvalue weighted by molar-refractivity contribution is -0.132. The third-order valence-corrected chi connectivity index (χ3v) is 5.44. The van der Waals surface area contributed by atoms with Gasteiger partial charge in [-0.1, -0.05) is 0 Å². The van der Waals surface area contributed by atoms with Gasteiger partial charge in [-0.2, -0.15) is 0 Å². The van der Waals surface area contributed by atoms with Gasteiger partial charge in [-0.3, -0.25) is 4.79 Å². The molecule has 1 aliphatic rings. The topological polar surface area (TPSA) is 52.9 Å². The van der Waals surface area contributed by atoms with Crippen molar-refractivity contribution in [3.05, 3.63) is 42.2 Å². The number of nitrogens with zero attached hydrogens (tertiary/aromatic N) is 2. The molecule has 6 nitrogen and oxygen atoms in total. The van der Waals surface area contributed by atoms with E-state index in [1.807, 2.05) is 46.1 Å². The van der Waals surface area contributed by atoms with Crippen LogP contribution in [0.4, 0.5) is 0 Å². The molecule has 0 aliphatic carbocycles. The molecule has 1 unspecified atom stereocenters. The van der Waals surface area contributed by atoms with Gasteiger partial charge in [0.05, 0.1) is 21.3 Å². The van der Waals surface area contributed by atoms with Gasteiger partial charge in [0, 0.05) is 36.3 Å². The molecule has 0 spiro atoms. The Morgan fingerprint density at radius 3 is 2.36 bits per heavy atom. The van der Waals surface area contributed by atoms with Crippen LogP contribution in [-0.2, 0) is 11.3 Å². The lowest BCUT2D eigenvalue weighted by Crippen LogP contribution is -2.33. The van der Waals surface area contributed by atoms with Gasteiger partial charge in [0.1, 0.15) is 17.7 Å². The largest absolute Gasteiger partial charge is 0.496 e. The standard InChI is InChI=1S/C18H22N2O4S/c1-22-14-11-16(24-3)15(23-2)10-13(14)18-20(8-9-25-18)17(21)12-19-6-4-5-7-19/h4-7,10-11,18H,8-9,12H2,1-3H3. The van der Waals surface area contributed by atoms with Gasteiger partial charge in [0.15, 0.2) is 11.5 Å². The first-order chi connectivity index (χ1) is 12.2. The zero-order valence-corrected chi connectivity index (χ0v) is 15.4. The Bertz CT molecular complexity index is 733. The smallest absolute Gasteiger partial charge is 0.243 e. The van der Waals surface area contributed by atoms with Crippen LogP contribution in [0.5, 0.6) is 17.2 Å². The van der Waals surface area contributed by atoms with Crippen LogP contribution in [0.3, 0.4) is 0 Å². The molecule has 1 aromatic heterocycles. The molecule has 2 aromatic rings. The average Bonchev–Trinajstić information content (AvgIpc) is 3.31. The van der Waals surface area contributed by atoms with Crippen LogP contribution in [0.15, 0.2) is 36.7 Å². The maximum absolute atomic E-state index is 12.8. The number of benzene rings is 1. The fourth-order valence-corrected chi connectivity index (χ4v) is 4.24. The van der Waals surface area contributed by atoms with Crippen molar-refractivity contribution in [1.82, 2.24) is 9.47 Å². The molecule has 0 bridgehead atoms. The number of thioether (sulfide) groups is 1. The molecular weight excluding hydrogens is 340 g/mol. The Morgan fingerprint density at radius 2 is 1.72 bits per heavy atom. The number of amides is 1. The quantitative estimate of drug-likeness (QED) is 0.791. The first-order valence-electron chi connectivity index (χ1n) is 7.99. The first-order valence-corrected chi connectivity index (χ1v) is 9.04. The van der Waals surface area contributed by atoms with Crippen LogP contribution in [0.1, 0.15) is 10.9 Å². The van der Waals surface area contributed by atoms with Crippen molar-refractivity contribution in [2.24, 2.45) is 0 Å². The second kappa shape index (κ2) is 7.74. The zero-order chi connectivity index (χ0) is 17.8. The molecule has 7 heteroatoms. The summed E-state index contributed by atoms with van der Waals surface area (Å²) in [5, 5.41) is -0.0992. The SMILES string of the molecule is COc1cc(OC)c(C2SCCN2C(=O)Cn2cccc2)cc1OC. The molecule has 2 heterocycles. The number of carbonyl (C=O) groups excluding carboxylic acids is 1. The van der Waals surface area contributed by atoms with Gasteiger partial charge in [0.25, 0.3) is 0 Å². The third kappa shape index (κ3) is 3.56. The molecule has 1 fully saturated rings. The number of hydrogen-bond donors (Lipinski definition) is 0. The molecule has 0 saturated carbocycles. The van der Waals surface area contributed by atoms with E-state index >= 15 is 0 Å². The Hall–Kier alpha value is -2.28. The van der Waals surface area contributed by atoms with Crippen molar-refractivity contribution < 1.29 is 19.0 Å². The maximum atomic E-state index is 12.8. The number of ether oxygens (including phenoxy) is 3. The number of methoxy groups -OCH3 is 3. The molecular formula is C18H22N2O4S. The molecule has 134 valence electrons. The van der Waals surface area contributed by atoms with Crippen LogP contribution in [0.2, 0.25) is 0 Å². The predicted molar refractivity (Wildman–Crippen MR) is 97.4 cm³/mol. The summed E-state index contributed by atoms with van der Waals surface area (Å²) >= 11 is 1.73. The number of carbonyl (C=O) groups is 1. The minimum Gasteiger partial charge on any atom is -0.496 e. The van der Waals surface area contributed by atoms with Crippen molar-refractivity contribution in [3.8, 4) is 17.2 Å². The van der Waals surface area contributed by atoms with Gasteiger partial charge in [-0.15, -0.1) is 11.8 Å². The Kier molecular flexibility index (Phi) is 5.43. The van der Waals surface area contributed by atoms with Crippen molar-refractivity contribution in [3.63, 3.8) is 0 Å². The van der Waals surface area contributed by atoms with Gasteiger partial charge < -0.3 is 23.7 Å². The summed E-state index contributed by atoms with van der Waals surface area (Å²) in [6.07, 6.45) is 3.79. The molecule has 0 radical (unpaired) electrons. The fraction of sp³-hybridized carbons (Fsp3) is 0.389. The van der Waals surface area contributed by atoms with E-state index in [2.05, 4.69) is 0 Å². The van der Waals surface area contributed by atoms with Gasteiger partial charge in [-0.25, -0.2) is 0 Å². The molecule has 1 atom stereocenters. The monoisotopic (exact) mass is 362 g/mol. The van der Waals surface area contributed by atoms with Crippen molar-refractivity contribution in [2.45, 2.75) is 11.9 Å². The minimum absolute atomic E-state index is 0.0861. The Labute approximate surface area is 151 Å². The van der Waals surface area contributed by atoms with E-state index in [4.69, 9.17) is 14.2 Å². The molecule has 1 aromatic carbocycles. The first kappa shape index (κ1) is 17.5. The Balaban J connectivity index is 1.90. The van der Waals surface area contributed by atoms with E-state index in [-0.39, 0.29) is 11.3 Å². The summed E-state index contributed by atoms with van der Waals surface area (Å²) in [6, 6.07) is 7.54. The summed E-state index contributed by atoms with van der Waals surface area (Å²) in [4.78, 5) is 14.7. The van der Waals surface area contributed by atoms with Crippen molar-refractivity contribution in [1.29, 1.82) is 0 Å². The highest BCUT2D eigenvalue weighted by atomic mass is 32.2. The highest BCUT2D eigenvalue weighted by Gasteiger charge is 2.33. The van der Waals surface area contributed by atoms with Crippen LogP contribution >= 0.6 is 11.8 Å². The van der Waals surface area contributed by atoms with Crippen LogP contribution in [0, 0.1) is 0 Å². The molecule has 1 aliphatic heterocycles. The van der Waals surface area contributed by atoms with E-state index in [1.165, 1.54) is 0 Å².